The van der Waals surface area contributed by atoms with Gasteiger partial charge < -0.3 is 9.80 Å². The Labute approximate surface area is 200 Å². The van der Waals surface area contributed by atoms with Crippen LogP contribution in [0.15, 0.2) is 36.4 Å². The first kappa shape index (κ1) is 20.4. The van der Waals surface area contributed by atoms with Gasteiger partial charge in [-0.25, -0.2) is 0 Å². The summed E-state index contributed by atoms with van der Waals surface area (Å²) >= 11 is 0. The van der Waals surface area contributed by atoms with E-state index in [9.17, 15) is 14.4 Å². The molecule has 0 amide bonds. The summed E-state index contributed by atoms with van der Waals surface area (Å²) in [5, 5.41) is 0. The number of Topliss-reactive ketones (excluding diaryl/α,β-unsaturated/α-hetero) is 2. The zero-order chi connectivity index (χ0) is 23.0. The Bertz CT molecular complexity index is 1110. The van der Waals surface area contributed by atoms with Crippen molar-refractivity contribution < 1.29 is 14.4 Å². The highest BCUT2D eigenvalue weighted by Crippen LogP contribution is 2.44. The van der Waals surface area contributed by atoms with Gasteiger partial charge in [-0.3, -0.25) is 14.4 Å². The van der Waals surface area contributed by atoms with E-state index in [-0.39, 0.29) is 30.0 Å². The minimum Gasteiger partial charge on any atom is -0.365 e. The minimum absolute atomic E-state index is 0.102. The van der Waals surface area contributed by atoms with Gasteiger partial charge in [-0.2, -0.15) is 0 Å². The molecule has 4 heterocycles. The van der Waals surface area contributed by atoms with Crippen LogP contribution in [0.3, 0.4) is 0 Å². The Balaban J connectivity index is 1.23. The quantitative estimate of drug-likeness (QED) is 0.541. The van der Waals surface area contributed by atoms with Crippen molar-refractivity contribution in [1.29, 1.82) is 0 Å². The summed E-state index contributed by atoms with van der Waals surface area (Å²) in [5.74, 6) is 0.866. The fourth-order valence-electron chi connectivity index (χ4n) is 7.57. The van der Waals surface area contributed by atoms with Crippen LogP contribution in [0.25, 0.3) is 11.1 Å². The number of rotatable bonds is 2. The van der Waals surface area contributed by atoms with Gasteiger partial charge in [0.25, 0.3) is 0 Å². The first-order valence-corrected chi connectivity index (χ1v) is 13.0. The van der Waals surface area contributed by atoms with Crippen LogP contribution in [0.1, 0.15) is 80.1 Å². The van der Waals surface area contributed by atoms with Gasteiger partial charge in [0.05, 0.1) is 0 Å². The molecular formula is C29H30N2O3. The average molecular weight is 455 g/mol. The van der Waals surface area contributed by atoms with Crippen LogP contribution in [0.2, 0.25) is 0 Å². The largest absolute Gasteiger partial charge is 0.365 e. The fourth-order valence-corrected chi connectivity index (χ4v) is 7.57. The molecule has 4 atom stereocenters. The Kier molecular flexibility index (Phi) is 4.52. The number of piperidine rings is 4. The van der Waals surface area contributed by atoms with E-state index in [1.807, 2.05) is 0 Å². The lowest BCUT2D eigenvalue weighted by Crippen LogP contribution is -2.52. The summed E-state index contributed by atoms with van der Waals surface area (Å²) in [4.78, 5) is 42.8. The van der Waals surface area contributed by atoms with Crippen molar-refractivity contribution in [3.8, 4) is 11.1 Å². The molecule has 7 rings (SSSR count). The first-order valence-electron chi connectivity index (χ1n) is 13.0. The van der Waals surface area contributed by atoms with Crippen molar-refractivity contribution in [2.45, 2.75) is 88.4 Å². The van der Waals surface area contributed by atoms with Crippen LogP contribution >= 0.6 is 0 Å². The van der Waals surface area contributed by atoms with Crippen molar-refractivity contribution in [3.63, 3.8) is 0 Å². The predicted molar refractivity (Wildman–Crippen MR) is 132 cm³/mol. The van der Waals surface area contributed by atoms with E-state index in [0.29, 0.717) is 37.2 Å². The topological polar surface area (TPSA) is 57.7 Å². The van der Waals surface area contributed by atoms with Gasteiger partial charge >= 0.3 is 0 Å². The lowest BCUT2D eigenvalue weighted by atomic mass is 9.83. The summed E-state index contributed by atoms with van der Waals surface area (Å²) < 4.78 is 0. The standard InChI is InChI=1S/C29H30N2O3/c32-23-11-17-3-1-4-18(12-23)30(17)21-7-9-25-26-10-8-22(16-28(26)29(34)27(25)15-21)31-19-5-2-6-20(31)14-24(33)13-19/h7-10,15-20H,1-6,11-14H2/t17-,18+,19-,20+. The van der Waals surface area contributed by atoms with Gasteiger partial charge in [-0.05, 0) is 73.9 Å². The van der Waals surface area contributed by atoms with Crippen LogP contribution in [0.5, 0.6) is 0 Å². The molecule has 4 bridgehead atoms. The SMILES string of the molecule is O=C1C[C@H]2CCC[C@@H](C1)N2c1ccc2c(c1)C(=O)c1cc(N3[C@@H]4CCC[C@H]3CC(=O)C4)ccc1-2. The van der Waals surface area contributed by atoms with E-state index in [1.54, 1.807) is 0 Å². The maximum Gasteiger partial charge on any atom is 0.194 e. The van der Waals surface area contributed by atoms with Crippen LogP contribution < -0.4 is 9.80 Å². The summed E-state index contributed by atoms with van der Waals surface area (Å²) in [6.45, 7) is 0. The van der Waals surface area contributed by atoms with Gasteiger partial charge in [0.15, 0.2) is 5.78 Å². The zero-order valence-corrected chi connectivity index (χ0v) is 19.5. The number of carbonyl (C=O) groups is 3. The second kappa shape index (κ2) is 7.53. The van der Waals surface area contributed by atoms with E-state index in [4.69, 9.17) is 0 Å². The molecule has 5 aliphatic rings. The van der Waals surface area contributed by atoms with Crippen molar-refractivity contribution in [2.24, 2.45) is 0 Å². The van der Waals surface area contributed by atoms with Gasteiger partial charge in [0.2, 0.25) is 0 Å². The van der Waals surface area contributed by atoms with Crippen molar-refractivity contribution in [1.82, 2.24) is 0 Å². The molecule has 5 heteroatoms. The molecular weight excluding hydrogens is 424 g/mol. The lowest BCUT2D eigenvalue weighted by Gasteiger charge is -2.47. The van der Waals surface area contributed by atoms with Gasteiger partial charge in [-0.1, -0.05) is 12.1 Å². The smallest absolute Gasteiger partial charge is 0.194 e. The normalized spacial score (nSPS) is 29.8. The molecule has 0 N–H and O–H groups in total. The third kappa shape index (κ3) is 3.02. The molecule has 34 heavy (non-hydrogen) atoms. The van der Waals surface area contributed by atoms with Crippen LogP contribution in [-0.2, 0) is 9.59 Å². The van der Waals surface area contributed by atoms with E-state index < -0.39 is 0 Å². The van der Waals surface area contributed by atoms with E-state index in [1.165, 1.54) is 12.8 Å². The molecule has 2 aromatic carbocycles. The molecule has 1 aliphatic carbocycles. The molecule has 174 valence electrons. The maximum absolute atomic E-state index is 13.6. The average Bonchev–Trinajstić information content (AvgIpc) is 3.09. The number of carbonyl (C=O) groups excluding carboxylic acids is 3. The monoisotopic (exact) mass is 454 g/mol. The zero-order valence-electron chi connectivity index (χ0n) is 19.5. The molecule has 0 radical (unpaired) electrons. The highest BCUT2D eigenvalue weighted by molar-refractivity contribution is 6.22. The summed E-state index contributed by atoms with van der Waals surface area (Å²) in [5.41, 5.74) is 5.78. The molecule has 4 aliphatic heterocycles. The van der Waals surface area contributed by atoms with Gasteiger partial charge in [0.1, 0.15) is 11.6 Å². The third-order valence-corrected chi connectivity index (χ3v) is 8.96. The molecule has 0 unspecified atom stereocenters. The van der Waals surface area contributed by atoms with Crippen LogP contribution in [0.4, 0.5) is 11.4 Å². The highest BCUT2D eigenvalue weighted by Gasteiger charge is 2.40. The second-order valence-corrected chi connectivity index (χ2v) is 11.0. The summed E-state index contributed by atoms with van der Waals surface area (Å²) in [6, 6.07) is 13.7. The Morgan fingerprint density at radius 2 is 0.912 bits per heavy atom. The second-order valence-electron chi connectivity index (χ2n) is 11.0. The van der Waals surface area contributed by atoms with E-state index in [2.05, 4.69) is 46.2 Å². The number of anilines is 2. The Hall–Kier alpha value is -2.95. The lowest BCUT2D eigenvalue weighted by molar-refractivity contribution is -0.122. The minimum atomic E-state index is 0.102. The molecule has 0 saturated carbocycles. The van der Waals surface area contributed by atoms with Crippen molar-refractivity contribution >= 4 is 28.7 Å². The number of benzene rings is 2. The highest BCUT2D eigenvalue weighted by atomic mass is 16.1. The van der Waals surface area contributed by atoms with Gasteiger partial charge in [0, 0.05) is 72.4 Å². The molecule has 2 aromatic rings. The first-order chi connectivity index (χ1) is 16.6. The summed E-state index contributed by atoms with van der Waals surface area (Å²) in [6.07, 6.45) is 9.10. The molecule has 4 saturated heterocycles. The fraction of sp³-hybridized carbons (Fsp3) is 0.483. The molecule has 0 aromatic heterocycles. The number of hydrogen-bond acceptors (Lipinski definition) is 5. The van der Waals surface area contributed by atoms with Gasteiger partial charge in [-0.15, -0.1) is 0 Å². The Morgan fingerprint density at radius 3 is 1.29 bits per heavy atom. The van der Waals surface area contributed by atoms with Crippen LogP contribution in [0, 0.1) is 0 Å². The maximum atomic E-state index is 13.6. The molecule has 5 nitrogen and oxygen atoms in total. The van der Waals surface area contributed by atoms with Crippen molar-refractivity contribution in [3.05, 3.63) is 47.5 Å². The number of fused-ring (bicyclic) bond motifs is 7. The van der Waals surface area contributed by atoms with Crippen LogP contribution in [-0.4, -0.2) is 41.5 Å². The number of hydrogen-bond donors (Lipinski definition) is 0. The third-order valence-electron chi connectivity index (χ3n) is 8.96. The number of nitrogens with zero attached hydrogens (tertiary/aromatic N) is 2. The van der Waals surface area contributed by atoms with E-state index >= 15 is 0 Å². The molecule has 4 fully saturated rings. The predicted octanol–water partition coefficient (Wildman–Crippen LogP) is 5.08. The number of ketones is 3. The molecule has 0 spiro atoms. The summed E-state index contributed by atoms with van der Waals surface area (Å²) in [7, 11) is 0. The van der Waals surface area contributed by atoms with Crippen molar-refractivity contribution in [2.75, 3.05) is 9.80 Å². The van der Waals surface area contributed by atoms with E-state index in [0.717, 1.165) is 59.3 Å². The Morgan fingerprint density at radius 1 is 0.529 bits per heavy atom.